The van der Waals surface area contributed by atoms with E-state index in [1.54, 1.807) is 12.1 Å². The van der Waals surface area contributed by atoms with Crippen LogP contribution in [0.2, 0.25) is 0 Å². The van der Waals surface area contributed by atoms with E-state index in [1.165, 1.54) is 23.9 Å². The summed E-state index contributed by atoms with van der Waals surface area (Å²) >= 11 is 1.36. The highest BCUT2D eigenvalue weighted by Gasteiger charge is 2.41. The number of aliphatic imine (C=N–C) groups is 1. The second-order valence-corrected chi connectivity index (χ2v) is 7.38. The average molecular weight is 392 g/mol. The van der Waals surface area contributed by atoms with E-state index in [-0.39, 0.29) is 12.0 Å². The first-order chi connectivity index (χ1) is 12.9. The molecule has 0 saturated carbocycles. The van der Waals surface area contributed by atoms with Crippen LogP contribution in [0.15, 0.2) is 29.3 Å². The molecule has 1 unspecified atom stereocenters. The van der Waals surface area contributed by atoms with Gasteiger partial charge in [-0.05, 0) is 42.9 Å². The van der Waals surface area contributed by atoms with Gasteiger partial charge in [0.2, 0.25) is 0 Å². The normalized spacial score (nSPS) is 17.4. The predicted octanol–water partition coefficient (Wildman–Crippen LogP) is 1.75. The number of nitrogens with zero attached hydrogens (tertiary/aromatic N) is 2. The van der Waals surface area contributed by atoms with E-state index < -0.39 is 23.0 Å². The van der Waals surface area contributed by atoms with E-state index in [9.17, 15) is 14.4 Å². The van der Waals surface area contributed by atoms with Crippen molar-refractivity contribution in [1.29, 1.82) is 0 Å². The van der Waals surface area contributed by atoms with Gasteiger partial charge in [0.05, 0.1) is 23.1 Å². The first kappa shape index (κ1) is 20.8. The molecule has 1 fully saturated rings. The fourth-order valence-corrected chi connectivity index (χ4v) is 3.47. The fraction of sp³-hybridized carbons (Fsp3) is 0.444. The van der Waals surface area contributed by atoms with Crippen LogP contribution in [0.1, 0.15) is 43.0 Å². The largest absolute Gasteiger partial charge is 0.399 e. The molecule has 1 aromatic rings. The molecule has 1 aliphatic rings. The number of carbonyl (C=O) groups is 3. The van der Waals surface area contributed by atoms with Gasteiger partial charge in [0, 0.05) is 18.7 Å². The van der Waals surface area contributed by atoms with Crippen molar-refractivity contribution < 1.29 is 19.2 Å². The summed E-state index contributed by atoms with van der Waals surface area (Å²) in [7, 11) is 0. The van der Waals surface area contributed by atoms with Gasteiger partial charge < -0.3 is 16.3 Å². The SMILES string of the molecule is CCCN=C(N)CCCSC1CC(=O)N(OC(=O)c2ccc(N)cc2)C1=O. The molecule has 1 atom stereocenters. The van der Waals surface area contributed by atoms with Crippen LogP contribution in [0.4, 0.5) is 5.69 Å². The lowest BCUT2D eigenvalue weighted by Crippen LogP contribution is -2.34. The van der Waals surface area contributed by atoms with Crippen LogP contribution >= 0.6 is 11.8 Å². The van der Waals surface area contributed by atoms with Crippen molar-refractivity contribution in [2.45, 2.75) is 37.9 Å². The first-order valence-corrected chi connectivity index (χ1v) is 9.82. The number of carbonyl (C=O) groups excluding carboxylic acids is 3. The lowest BCUT2D eigenvalue weighted by Gasteiger charge is -2.13. The number of thioether (sulfide) groups is 1. The Morgan fingerprint density at radius 2 is 2.04 bits per heavy atom. The Bertz CT molecular complexity index is 721. The van der Waals surface area contributed by atoms with Gasteiger partial charge in [0.1, 0.15) is 0 Å². The number of amidine groups is 1. The molecule has 4 N–H and O–H groups in total. The Morgan fingerprint density at radius 1 is 1.33 bits per heavy atom. The maximum absolute atomic E-state index is 12.3. The number of amides is 2. The quantitative estimate of drug-likeness (QED) is 0.215. The van der Waals surface area contributed by atoms with Gasteiger partial charge in [-0.1, -0.05) is 6.92 Å². The summed E-state index contributed by atoms with van der Waals surface area (Å²) in [6, 6.07) is 6.02. The van der Waals surface area contributed by atoms with E-state index in [2.05, 4.69) is 4.99 Å². The number of nitrogens with two attached hydrogens (primary N) is 2. The van der Waals surface area contributed by atoms with Gasteiger partial charge in [-0.3, -0.25) is 14.6 Å². The topological polar surface area (TPSA) is 128 Å². The summed E-state index contributed by atoms with van der Waals surface area (Å²) in [5, 5.41) is 0.0125. The minimum absolute atomic E-state index is 0.0118. The van der Waals surface area contributed by atoms with Crippen molar-refractivity contribution in [2.75, 3.05) is 18.0 Å². The van der Waals surface area contributed by atoms with Crippen LogP contribution in [0, 0.1) is 0 Å². The number of benzene rings is 1. The number of rotatable bonds is 9. The Labute approximate surface area is 162 Å². The van der Waals surface area contributed by atoms with Crippen molar-refractivity contribution >= 4 is 41.1 Å². The summed E-state index contributed by atoms with van der Waals surface area (Å²) in [5.41, 5.74) is 12.1. The Kier molecular flexibility index (Phi) is 7.66. The van der Waals surface area contributed by atoms with Gasteiger partial charge >= 0.3 is 5.97 Å². The number of hydrogen-bond donors (Lipinski definition) is 2. The van der Waals surface area contributed by atoms with Crippen LogP contribution in [0.5, 0.6) is 0 Å². The molecule has 0 aromatic heterocycles. The van der Waals surface area contributed by atoms with E-state index in [0.29, 0.717) is 35.3 Å². The average Bonchev–Trinajstić information content (AvgIpc) is 2.91. The van der Waals surface area contributed by atoms with Gasteiger partial charge in [-0.15, -0.1) is 16.8 Å². The summed E-state index contributed by atoms with van der Waals surface area (Å²) in [5.74, 6) is -0.550. The Morgan fingerprint density at radius 3 is 2.70 bits per heavy atom. The van der Waals surface area contributed by atoms with Crippen molar-refractivity contribution in [3.8, 4) is 0 Å². The molecule has 2 rings (SSSR count). The number of nitrogen functional groups attached to an aromatic ring is 1. The molecule has 1 aromatic carbocycles. The summed E-state index contributed by atoms with van der Waals surface area (Å²) < 4.78 is 0. The first-order valence-electron chi connectivity index (χ1n) is 8.77. The van der Waals surface area contributed by atoms with Crippen LogP contribution in [-0.4, -0.2) is 46.2 Å². The van der Waals surface area contributed by atoms with E-state index in [1.807, 2.05) is 6.92 Å². The molecule has 0 radical (unpaired) electrons. The maximum atomic E-state index is 12.3. The van der Waals surface area contributed by atoms with Crippen molar-refractivity contribution in [1.82, 2.24) is 5.06 Å². The maximum Gasteiger partial charge on any atom is 0.363 e. The van der Waals surface area contributed by atoms with Crippen molar-refractivity contribution in [2.24, 2.45) is 10.7 Å². The highest BCUT2D eigenvalue weighted by atomic mass is 32.2. The highest BCUT2D eigenvalue weighted by molar-refractivity contribution is 8.00. The standard InChI is InChI=1S/C18H24N4O4S/c1-2-9-21-15(20)4-3-10-27-14-11-16(23)22(17(14)24)26-18(25)12-5-7-13(19)8-6-12/h5-8,14H,2-4,9-11,19H2,1H3,(H2,20,21). The van der Waals surface area contributed by atoms with Gasteiger partial charge in [-0.2, -0.15) is 0 Å². The summed E-state index contributed by atoms with van der Waals surface area (Å²) in [6.45, 7) is 2.74. The van der Waals surface area contributed by atoms with E-state index >= 15 is 0 Å². The van der Waals surface area contributed by atoms with Gasteiger partial charge in [0.25, 0.3) is 11.8 Å². The molecular weight excluding hydrogens is 368 g/mol. The third kappa shape index (κ3) is 5.99. The Balaban J connectivity index is 1.82. The highest BCUT2D eigenvalue weighted by Crippen LogP contribution is 2.26. The second-order valence-electron chi connectivity index (χ2n) is 6.07. The van der Waals surface area contributed by atoms with E-state index in [0.717, 1.165) is 12.8 Å². The molecule has 146 valence electrons. The van der Waals surface area contributed by atoms with Crippen molar-refractivity contribution in [3.05, 3.63) is 29.8 Å². The molecule has 1 heterocycles. The fourth-order valence-electron chi connectivity index (χ4n) is 2.38. The zero-order chi connectivity index (χ0) is 19.8. The molecule has 8 nitrogen and oxygen atoms in total. The monoisotopic (exact) mass is 392 g/mol. The molecule has 27 heavy (non-hydrogen) atoms. The van der Waals surface area contributed by atoms with E-state index in [4.69, 9.17) is 16.3 Å². The lowest BCUT2D eigenvalue weighted by molar-refractivity contribution is -0.172. The van der Waals surface area contributed by atoms with Crippen LogP contribution in [-0.2, 0) is 14.4 Å². The molecule has 1 aliphatic heterocycles. The number of anilines is 1. The molecule has 0 bridgehead atoms. The summed E-state index contributed by atoms with van der Waals surface area (Å²) in [6.07, 6.45) is 2.36. The molecule has 2 amide bonds. The summed E-state index contributed by atoms with van der Waals surface area (Å²) in [4.78, 5) is 45.7. The van der Waals surface area contributed by atoms with Crippen molar-refractivity contribution in [3.63, 3.8) is 0 Å². The number of hydroxylamine groups is 2. The second kappa shape index (κ2) is 9.96. The Hall–Kier alpha value is -2.55. The molecule has 1 saturated heterocycles. The molecular formula is C18H24N4O4S. The van der Waals surface area contributed by atoms with Gasteiger partial charge in [-0.25, -0.2) is 4.79 Å². The van der Waals surface area contributed by atoms with Crippen LogP contribution in [0.3, 0.4) is 0 Å². The lowest BCUT2D eigenvalue weighted by atomic mass is 10.2. The third-order valence-electron chi connectivity index (χ3n) is 3.82. The zero-order valence-corrected chi connectivity index (χ0v) is 16.0. The zero-order valence-electron chi connectivity index (χ0n) is 15.2. The van der Waals surface area contributed by atoms with Crippen LogP contribution < -0.4 is 11.5 Å². The third-order valence-corrected chi connectivity index (χ3v) is 5.11. The minimum atomic E-state index is -0.776. The molecule has 0 aliphatic carbocycles. The number of imide groups is 1. The van der Waals surface area contributed by atoms with Crippen LogP contribution in [0.25, 0.3) is 0 Å². The molecule has 9 heteroatoms. The smallest absolute Gasteiger partial charge is 0.363 e. The predicted molar refractivity (Wildman–Crippen MR) is 105 cm³/mol. The number of hydrogen-bond acceptors (Lipinski definition) is 7. The molecule has 0 spiro atoms. The van der Waals surface area contributed by atoms with Gasteiger partial charge in [0.15, 0.2) is 0 Å². The minimum Gasteiger partial charge on any atom is -0.399 e.